The molecule has 20 heavy (non-hydrogen) atoms. The van der Waals surface area contributed by atoms with Gasteiger partial charge in [0.15, 0.2) is 5.65 Å². The highest BCUT2D eigenvalue weighted by Gasteiger charge is 2.18. The topological polar surface area (TPSA) is 95.1 Å². The van der Waals surface area contributed by atoms with Crippen molar-refractivity contribution in [2.24, 2.45) is 12.8 Å². The summed E-state index contributed by atoms with van der Waals surface area (Å²) in [4.78, 5) is 16.3. The van der Waals surface area contributed by atoms with Crippen LogP contribution < -0.4 is 11.1 Å². The summed E-state index contributed by atoms with van der Waals surface area (Å²) >= 11 is 0. The highest BCUT2D eigenvalue weighted by molar-refractivity contribution is 6.04. The van der Waals surface area contributed by atoms with Crippen LogP contribution in [0.2, 0.25) is 0 Å². The summed E-state index contributed by atoms with van der Waals surface area (Å²) in [6.45, 7) is 3.36. The molecule has 2 rings (SSSR count). The second-order valence-corrected chi connectivity index (χ2v) is 4.34. The predicted molar refractivity (Wildman–Crippen MR) is 76.6 cm³/mol. The van der Waals surface area contributed by atoms with Gasteiger partial charge in [-0.3, -0.25) is 4.68 Å². The quantitative estimate of drug-likeness (QED) is 0.602. The molecule has 0 saturated carbocycles. The average Bonchev–Trinajstić information content (AvgIpc) is 2.81. The zero-order valence-electron chi connectivity index (χ0n) is 11.7. The molecule has 0 aliphatic heterocycles. The third-order valence-electron chi connectivity index (χ3n) is 2.94. The minimum absolute atomic E-state index is 0.326. The van der Waals surface area contributed by atoms with E-state index in [4.69, 9.17) is 10.5 Å². The molecule has 0 bridgehead atoms. The summed E-state index contributed by atoms with van der Waals surface area (Å²) in [5.74, 6) is -0.388. The van der Waals surface area contributed by atoms with Gasteiger partial charge in [0.1, 0.15) is 5.56 Å². The molecule has 0 atom stereocenters. The maximum Gasteiger partial charge on any atom is 0.341 e. The van der Waals surface area contributed by atoms with E-state index in [1.165, 1.54) is 6.20 Å². The lowest BCUT2D eigenvalue weighted by molar-refractivity contribution is 0.0527. The second kappa shape index (κ2) is 6.33. The fraction of sp³-hybridized carbons (Fsp3) is 0.462. The lowest BCUT2D eigenvalue weighted by Gasteiger charge is -2.12. The number of pyridine rings is 1. The van der Waals surface area contributed by atoms with Crippen molar-refractivity contribution in [3.8, 4) is 0 Å². The van der Waals surface area contributed by atoms with Crippen molar-refractivity contribution in [1.82, 2.24) is 14.8 Å². The van der Waals surface area contributed by atoms with E-state index in [0.29, 0.717) is 36.6 Å². The average molecular weight is 277 g/mol. The van der Waals surface area contributed by atoms with E-state index < -0.39 is 0 Å². The van der Waals surface area contributed by atoms with E-state index in [2.05, 4.69) is 15.4 Å². The minimum Gasteiger partial charge on any atom is -0.462 e. The fourth-order valence-corrected chi connectivity index (χ4v) is 1.97. The number of esters is 1. The molecule has 2 aromatic rings. The SMILES string of the molecule is CCOC(=O)c1cnc2c(cnn2C)c1NCCCN. The Hall–Kier alpha value is -2.15. The van der Waals surface area contributed by atoms with Gasteiger partial charge < -0.3 is 15.8 Å². The van der Waals surface area contributed by atoms with Gasteiger partial charge in [-0.2, -0.15) is 5.10 Å². The van der Waals surface area contributed by atoms with Crippen LogP contribution in [0.4, 0.5) is 5.69 Å². The van der Waals surface area contributed by atoms with Gasteiger partial charge in [-0.15, -0.1) is 0 Å². The molecule has 0 saturated heterocycles. The highest BCUT2D eigenvalue weighted by atomic mass is 16.5. The van der Waals surface area contributed by atoms with Gasteiger partial charge in [-0.1, -0.05) is 0 Å². The van der Waals surface area contributed by atoms with E-state index in [1.807, 2.05) is 7.05 Å². The number of nitrogens with two attached hydrogens (primary N) is 1. The molecule has 2 aromatic heterocycles. The Morgan fingerprint density at radius 3 is 3.00 bits per heavy atom. The summed E-state index contributed by atoms with van der Waals surface area (Å²) in [6.07, 6.45) is 4.02. The Morgan fingerprint density at radius 2 is 2.30 bits per heavy atom. The molecule has 0 aromatic carbocycles. The smallest absolute Gasteiger partial charge is 0.341 e. The van der Waals surface area contributed by atoms with Crippen LogP contribution in [0, 0.1) is 0 Å². The first kappa shape index (κ1) is 14.3. The summed E-state index contributed by atoms with van der Waals surface area (Å²) in [7, 11) is 1.81. The molecule has 0 aliphatic rings. The molecule has 0 amide bonds. The van der Waals surface area contributed by atoms with E-state index in [0.717, 1.165) is 11.8 Å². The molecule has 0 unspecified atom stereocenters. The monoisotopic (exact) mass is 277 g/mol. The van der Waals surface area contributed by atoms with Crippen molar-refractivity contribution in [2.75, 3.05) is 25.0 Å². The van der Waals surface area contributed by atoms with Crippen molar-refractivity contribution in [3.05, 3.63) is 18.0 Å². The van der Waals surface area contributed by atoms with Crippen LogP contribution in [0.1, 0.15) is 23.7 Å². The Kier molecular flexibility index (Phi) is 4.52. The lowest BCUT2D eigenvalue weighted by Crippen LogP contribution is -2.14. The van der Waals surface area contributed by atoms with Gasteiger partial charge in [0, 0.05) is 19.8 Å². The Morgan fingerprint density at radius 1 is 1.50 bits per heavy atom. The summed E-state index contributed by atoms with van der Waals surface area (Å²) in [5, 5.41) is 8.21. The number of aryl methyl sites for hydroxylation is 1. The Labute approximate surface area is 117 Å². The first-order valence-corrected chi connectivity index (χ1v) is 6.60. The summed E-state index contributed by atoms with van der Waals surface area (Å²) in [6, 6.07) is 0. The molecule has 0 radical (unpaired) electrons. The Bertz CT molecular complexity index is 608. The number of carbonyl (C=O) groups excluding carboxylic acids is 1. The molecule has 2 heterocycles. The number of anilines is 1. The van der Waals surface area contributed by atoms with Crippen LogP contribution in [0.15, 0.2) is 12.4 Å². The first-order chi connectivity index (χ1) is 9.69. The molecular formula is C13H19N5O2. The molecule has 108 valence electrons. The number of carbonyl (C=O) groups is 1. The van der Waals surface area contributed by atoms with Crippen molar-refractivity contribution >= 4 is 22.7 Å². The van der Waals surface area contributed by atoms with E-state index in [-0.39, 0.29) is 5.97 Å². The number of nitrogens with one attached hydrogen (secondary N) is 1. The normalized spacial score (nSPS) is 10.8. The van der Waals surface area contributed by atoms with E-state index >= 15 is 0 Å². The lowest BCUT2D eigenvalue weighted by atomic mass is 10.1. The third kappa shape index (κ3) is 2.72. The first-order valence-electron chi connectivity index (χ1n) is 6.60. The van der Waals surface area contributed by atoms with E-state index in [1.54, 1.807) is 17.8 Å². The number of ether oxygens (including phenoxy) is 1. The van der Waals surface area contributed by atoms with E-state index in [9.17, 15) is 4.79 Å². The molecule has 7 heteroatoms. The zero-order chi connectivity index (χ0) is 14.5. The molecule has 0 aliphatic carbocycles. The summed E-state index contributed by atoms with van der Waals surface area (Å²) in [5.41, 5.74) is 7.33. The number of rotatable bonds is 6. The molecule has 7 nitrogen and oxygen atoms in total. The molecule has 3 N–H and O–H groups in total. The number of hydrogen-bond donors (Lipinski definition) is 2. The minimum atomic E-state index is -0.388. The fourth-order valence-electron chi connectivity index (χ4n) is 1.97. The van der Waals surface area contributed by atoms with Crippen molar-refractivity contribution in [1.29, 1.82) is 0 Å². The van der Waals surface area contributed by atoms with Gasteiger partial charge in [-0.05, 0) is 19.9 Å². The zero-order valence-corrected chi connectivity index (χ0v) is 11.7. The van der Waals surface area contributed by atoms with Crippen molar-refractivity contribution < 1.29 is 9.53 Å². The van der Waals surface area contributed by atoms with Gasteiger partial charge in [-0.25, -0.2) is 9.78 Å². The maximum absolute atomic E-state index is 12.0. The number of aromatic nitrogens is 3. The number of fused-ring (bicyclic) bond motifs is 1. The molecule has 0 fully saturated rings. The van der Waals surface area contributed by atoms with Crippen molar-refractivity contribution in [2.45, 2.75) is 13.3 Å². The molecule has 0 spiro atoms. The van der Waals surface area contributed by atoms with Crippen LogP contribution in [-0.2, 0) is 11.8 Å². The largest absolute Gasteiger partial charge is 0.462 e. The number of nitrogens with zero attached hydrogens (tertiary/aromatic N) is 3. The predicted octanol–water partition coefficient (Wildman–Crippen LogP) is 0.906. The Balaban J connectivity index is 2.44. The van der Waals surface area contributed by atoms with Gasteiger partial charge in [0.2, 0.25) is 0 Å². The molecular weight excluding hydrogens is 258 g/mol. The summed E-state index contributed by atoms with van der Waals surface area (Å²) < 4.78 is 6.72. The highest BCUT2D eigenvalue weighted by Crippen LogP contribution is 2.26. The van der Waals surface area contributed by atoms with Gasteiger partial charge in [0.25, 0.3) is 0 Å². The number of hydrogen-bond acceptors (Lipinski definition) is 6. The van der Waals surface area contributed by atoms with Crippen molar-refractivity contribution in [3.63, 3.8) is 0 Å². The van der Waals surface area contributed by atoms with Gasteiger partial charge >= 0.3 is 5.97 Å². The van der Waals surface area contributed by atoms with Crippen LogP contribution in [0.5, 0.6) is 0 Å². The van der Waals surface area contributed by atoms with Gasteiger partial charge in [0.05, 0.1) is 23.9 Å². The second-order valence-electron chi connectivity index (χ2n) is 4.34. The van der Waals surface area contributed by atoms with Crippen LogP contribution in [-0.4, -0.2) is 40.4 Å². The van der Waals surface area contributed by atoms with Crippen LogP contribution in [0.25, 0.3) is 11.0 Å². The standard InChI is InChI=1S/C13H19N5O2/c1-3-20-13(19)10-7-16-12-9(8-17-18(12)2)11(10)15-6-4-5-14/h7-8H,3-6,14H2,1-2H3,(H,15,16). The maximum atomic E-state index is 12.0. The third-order valence-corrected chi connectivity index (χ3v) is 2.94. The van der Waals surface area contributed by atoms with Crippen LogP contribution in [0.3, 0.4) is 0 Å². The van der Waals surface area contributed by atoms with Crippen LogP contribution >= 0.6 is 0 Å².